The van der Waals surface area contributed by atoms with Crippen LogP contribution in [-0.4, -0.2) is 28.6 Å². The topological polar surface area (TPSA) is 29.9 Å². The van der Waals surface area contributed by atoms with E-state index in [0.717, 1.165) is 27.2 Å². The molecule has 0 saturated heterocycles. The minimum absolute atomic E-state index is 0.189. The molecule has 0 aliphatic carbocycles. The molecule has 0 bridgehead atoms. The van der Waals surface area contributed by atoms with Crippen LogP contribution in [0, 0.1) is 12.7 Å². The van der Waals surface area contributed by atoms with Gasteiger partial charge in [0.2, 0.25) is 0 Å². The van der Waals surface area contributed by atoms with Crippen LogP contribution in [0.1, 0.15) is 11.4 Å². The number of nitrogens with zero attached hydrogens (tertiary/aromatic N) is 2. The monoisotopic (exact) mass is 371 g/mol. The Bertz CT molecular complexity index is 615. The Morgan fingerprint density at radius 2 is 2.24 bits per heavy atom. The molecule has 0 aliphatic rings. The number of rotatable bonds is 6. The number of hydrogen-bond acceptors (Lipinski definition) is 3. The minimum Gasteiger partial charge on any atom is -0.316 e. The number of aromatic nitrogens is 2. The van der Waals surface area contributed by atoms with Crippen LogP contribution in [0.25, 0.3) is 0 Å². The number of thioether (sulfide) groups is 1. The molecule has 0 fully saturated rings. The van der Waals surface area contributed by atoms with E-state index in [9.17, 15) is 4.39 Å². The predicted molar refractivity (Wildman–Crippen MR) is 89.3 cm³/mol. The summed E-state index contributed by atoms with van der Waals surface area (Å²) in [4.78, 5) is 0.954. The van der Waals surface area contributed by atoms with Crippen LogP contribution >= 0.6 is 27.7 Å². The molecule has 1 unspecified atom stereocenters. The van der Waals surface area contributed by atoms with Gasteiger partial charge in [0, 0.05) is 30.2 Å². The molecular weight excluding hydrogens is 353 g/mol. The Hall–Kier alpha value is -0.850. The molecule has 0 spiro atoms. The van der Waals surface area contributed by atoms with Crippen molar-refractivity contribution in [2.45, 2.75) is 24.3 Å². The number of hydrogen-bond donors (Lipinski definition) is 1. The Morgan fingerprint density at radius 3 is 2.81 bits per heavy atom. The summed E-state index contributed by atoms with van der Waals surface area (Å²) in [5, 5.41) is 7.74. The number of aryl methyl sites for hydroxylation is 2. The van der Waals surface area contributed by atoms with Gasteiger partial charge in [-0.1, -0.05) is 6.07 Å². The largest absolute Gasteiger partial charge is 0.316 e. The van der Waals surface area contributed by atoms with E-state index in [1.165, 1.54) is 11.8 Å². The highest BCUT2D eigenvalue weighted by molar-refractivity contribution is 9.10. The van der Waals surface area contributed by atoms with Gasteiger partial charge < -0.3 is 5.32 Å². The standard InChI is InChI=1S/C15H19BrFN3S/c1-10-15(16)14(20(3)19-10)8-12(18-2)9-21-13-6-4-5-11(17)7-13/h4-7,12,18H,8-9H2,1-3H3. The van der Waals surface area contributed by atoms with Gasteiger partial charge in [0.15, 0.2) is 0 Å². The Morgan fingerprint density at radius 1 is 1.48 bits per heavy atom. The molecule has 1 N–H and O–H groups in total. The first-order chi connectivity index (χ1) is 10.0. The van der Waals surface area contributed by atoms with Crippen LogP contribution < -0.4 is 5.32 Å². The second-order valence-corrected chi connectivity index (χ2v) is 6.81. The van der Waals surface area contributed by atoms with Crippen molar-refractivity contribution in [1.29, 1.82) is 0 Å². The van der Waals surface area contributed by atoms with Crippen molar-refractivity contribution in [1.82, 2.24) is 15.1 Å². The van der Waals surface area contributed by atoms with Crippen molar-refractivity contribution in [3.8, 4) is 0 Å². The third-order valence-corrected chi connectivity index (χ3v) is 5.54. The van der Waals surface area contributed by atoms with Crippen molar-refractivity contribution in [3.63, 3.8) is 0 Å². The molecule has 6 heteroatoms. The molecule has 21 heavy (non-hydrogen) atoms. The van der Waals surface area contributed by atoms with Gasteiger partial charge in [-0.05, 0) is 48.1 Å². The molecule has 114 valence electrons. The average molecular weight is 372 g/mol. The summed E-state index contributed by atoms with van der Waals surface area (Å²) in [7, 11) is 3.91. The summed E-state index contributed by atoms with van der Waals surface area (Å²) < 4.78 is 16.2. The van der Waals surface area contributed by atoms with E-state index in [0.29, 0.717) is 6.04 Å². The van der Waals surface area contributed by atoms with Gasteiger partial charge >= 0.3 is 0 Å². The molecular formula is C15H19BrFN3S. The smallest absolute Gasteiger partial charge is 0.124 e. The molecule has 3 nitrogen and oxygen atoms in total. The third-order valence-electron chi connectivity index (χ3n) is 3.36. The van der Waals surface area contributed by atoms with Crippen LogP contribution in [0.2, 0.25) is 0 Å². The van der Waals surface area contributed by atoms with E-state index in [1.807, 2.05) is 31.8 Å². The van der Waals surface area contributed by atoms with E-state index in [1.54, 1.807) is 23.9 Å². The molecule has 1 atom stereocenters. The van der Waals surface area contributed by atoms with Gasteiger partial charge in [-0.3, -0.25) is 4.68 Å². The molecule has 1 aromatic heterocycles. The lowest BCUT2D eigenvalue weighted by atomic mass is 10.2. The molecule has 0 amide bonds. The van der Waals surface area contributed by atoms with Crippen LogP contribution in [0.3, 0.4) is 0 Å². The highest BCUT2D eigenvalue weighted by Gasteiger charge is 2.16. The molecule has 2 aromatic rings. The second kappa shape index (κ2) is 7.42. The van der Waals surface area contributed by atoms with Crippen molar-refractivity contribution in [2.24, 2.45) is 7.05 Å². The molecule has 0 aliphatic heterocycles. The van der Waals surface area contributed by atoms with Gasteiger partial charge in [-0.25, -0.2) is 4.39 Å². The van der Waals surface area contributed by atoms with Crippen molar-refractivity contribution < 1.29 is 4.39 Å². The summed E-state index contributed by atoms with van der Waals surface area (Å²) >= 11 is 5.25. The minimum atomic E-state index is -0.189. The van der Waals surface area contributed by atoms with Crippen LogP contribution in [0.15, 0.2) is 33.6 Å². The van der Waals surface area contributed by atoms with Gasteiger partial charge in [-0.2, -0.15) is 5.10 Å². The zero-order valence-corrected chi connectivity index (χ0v) is 14.8. The fraction of sp³-hybridized carbons (Fsp3) is 0.400. The van der Waals surface area contributed by atoms with E-state index >= 15 is 0 Å². The van der Waals surface area contributed by atoms with E-state index in [2.05, 4.69) is 26.3 Å². The maximum Gasteiger partial charge on any atom is 0.124 e. The number of halogens is 2. The molecule has 1 heterocycles. The normalized spacial score (nSPS) is 12.6. The van der Waals surface area contributed by atoms with Gasteiger partial charge in [-0.15, -0.1) is 11.8 Å². The Labute approximate surface area is 137 Å². The van der Waals surface area contributed by atoms with Crippen molar-refractivity contribution in [2.75, 3.05) is 12.8 Å². The summed E-state index contributed by atoms with van der Waals surface area (Å²) in [6.07, 6.45) is 0.872. The molecule has 2 rings (SSSR count). The van der Waals surface area contributed by atoms with E-state index in [4.69, 9.17) is 0 Å². The van der Waals surface area contributed by atoms with Crippen molar-refractivity contribution >= 4 is 27.7 Å². The zero-order chi connectivity index (χ0) is 15.4. The lowest BCUT2D eigenvalue weighted by Crippen LogP contribution is -2.31. The maximum absolute atomic E-state index is 13.2. The average Bonchev–Trinajstić information content (AvgIpc) is 2.69. The second-order valence-electron chi connectivity index (χ2n) is 4.93. The first kappa shape index (κ1) is 16.5. The third kappa shape index (κ3) is 4.31. The summed E-state index contributed by atoms with van der Waals surface area (Å²) in [6.45, 7) is 1.99. The lowest BCUT2D eigenvalue weighted by Gasteiger charge is -2.16. The molecule has 0 saturated carbocycles. The first-order valence-electron chi connectivity index (χ1n) is 6.75. The molecule has 1 aromatic carbocycles. The summed E-state index contributed by atoms with van der Waals surface area (Å²) in [6, 6.07) is 7.01. The fourth-order valence-corrected chi connectivity index (χ4v) is 3.68. The number of benzene rings is 1. The maximum atomic E-state index is 13.2. The quantitative estimate of drug-likeness (QED) is 0.787. The predicted octanol–water partition coefficient (Wildman–Crippen LogP) is 3.55. The highest BCUT2D eigenvalue weighted by Crippen LogP contribution is 2.24. The Balaban J connectivity index is 2.00. The fourth-order valence-electron chi connectivity index (χ4n) is 2.13. The number of likely N-dealkylation sites (N-methyl/N-ethyl adjacent to an activating group) is 1. The molecule has 0 radical (unpaired) electrons. The summed E-state index contributed by atoms with van der Waals surface area (Å²) in [5.41, 5.74) is 2.17. The lowest BCUT2D eigenvalue weighted by molar-refractivity contribution is 0.580. The van der Waals surface area contributed by atoms with Crippen molar-refractivity contribution in [3.05, 3.63) is 45.9 Å². The van der Waals surface area contributed by atoms with Crippen LogP contribution in [0.5, 0.6) is 0 Å². The highest BCUT2D eigenvalue weighted by atomic mass is 79.9. The zero-order valence-electron chi connectivity index (χ0n) is 12.4. The summed E-state index contributed by atoms with van der Waals surface area (Å²) in [5.74, 6) is 0.683. The van der Waals surface area contributed by atoms with Gasteiger partial charge in [0.1, 0.15) is 5.82 Å². The van der Waals surface area contributed by atoms with Gasteiger partial charge in [0.25, 0.3) is 0 Å². The van der Waals surface area contributed by atoms with Crippen LogP contribution in [-0.2, 0) is 13.5 Å². The van der Waals surface area contributed by atoms with E-state index in [-0.39, 0.29) is 5.82 Å². The SMILES string of the molecule is CNC(CSc1cccc(F)c1)Cc1c(Br)c(C)nn1C. The van der Waals surface area contributed by atoms with E-state index < -0.39 is 0 Å². The Kier molecular flexibility index (Phi) is 5.84. The van der Waals surface area contributed by atoms with Crippen LogP contribution in [0.4, 0.5) is 4.39 Å². The van der Waals surface area contributed by atoms with Gasteiger partial charge in [0.05, 0.1) is 15.9 Å². The number of nitrogens with one attached hydrogen (secondary N) is 1. The first-order valence-corrected chi connectivity index (χ1v) is 8.52.